The summed E-state index contributed by atoms with van der Waals surface area (Å²) in [5.74, 6) is 0.131. The monoisotopic (exact) mass is 387 g/mol. The molecule has 144 valence electrons. The number of piperidine rings is 1. The van der Waals surface area contributed by atoms with Crippen LogP contribution in [0, 0.1) is 11.3 Å². The van der Waals surface area contributed by atoms with Gasteiger partial charge in [0.2, 0.25) is 10.0 Å². The molecule has 1 N–H and O–H groups in total. The highest BCUT2D eigenvalue weighted by molar-refractivity contribution is 7.88. The summed E-state index contributed by atoms with van der Waals surface area (Å²) < 4.78 is 27.4. The van der Waals surface area contributed by atoms with Gasteiger partial charge in [0.15, 0.2) is 0 Å². The third-order valence-corrected chi connectivity index (χ3v) is 8.43. The van der Waals surface area contributed by atoms with E-state index in [1.54, 1.807) is 4.31 Å². The van der Waals surface area contributed by atoms with Gasteiger partial charge in [-0.3, -0.25) is 0 Å². The standard InChI is InChI=1S/C20H25N3O3S/c1-27(25,26)22-10-8-20(9-11-22)7-6-16(19(20)24)18-15-5-3-2-4-14(15)17-12-21-13-23(17)18/h2-5,12-13,16,18-19,24H,6-11H2,1H3/t16-,18?,19-/m1/s1. The third-order valence-electron chi connectivity index (χ3n) is 7.12. The summed E-state index contributed by atoms with van der Waals surface area (Å²) in [6.45, 7) is 1.03. The van der Waals surface area contributed by atoms with Crippen molar-refractivity contribution in [1.29, 1.82) is 0 Å². The first-order chi connectivity index (χ1) is 12.9. The Balaban J connectivity index is 1.44. The Bertz CT molecular complexity index is 976. The summed E-state index contributed by atoms with van der Waals surface area (Å²) in [4.78, 5) is 4.34. The van der Waals surface area contributed by atoms with Crippen LogP contribution >= 0.6 is 0 Å². The fourth-order valence-electron chi connectivity index (χ4n) is 5.66. The number of hydrogen-bond acceptors (Lipinski definition) is 4. The highest BCUT2D eigenvalue weighted by atomic mass is 32.2. The van der Waals surface area contributed by atoms with E-state index in [9.17, 15) is 13.5 Å². The molecule has 2 fully saturated rings. The Morgan fingerprint density at radius 3 is 2.67 bits per heavy atom. The molecule has 1 aliphatic carbocycles. The average Bonchev–Trinajstić information content (AvgIpc) is 3.30. The number of fused-ring (bicyclic) bond motifs is 3. The van der Waals surface area contributed by atoms with Gasteiger partial charge in [-0.25, -0.2) is 17.7 Å². The molecule has 3 aliphatic rings. The molecule has 0 amide bonds. The van der Waals surface area contributed by atoms with Gasteiger partial charge in [-0.1, -0.05) is 24.3 Å². The first kappa shape index (κ1) is 17.4. The van der Waals surface area contributed by atoms with Crippen LogP contribution in [0.25, 0.3) is 11.3 Å². The molecule has 7 heteroatoms. The van der Waals surface area contributed by atoms with E-state index in [-0.39, 0.29) is 17.4 Å². The van der Waals surface area contributed by atoms with Crippen molar-refractivity contribution in [2.75, 3.05) is 19.3 Å². The van der Waals surface area contributed by atoms with Crippen LogP contribution in [0.5, 0.6) is 0 Å². The minimum atomic E-state index is -3.15. The van der Waals surface area contributed by atoms with E-state index in [2.05, 4.69) is 27.8 Å². The third kappa shape index (κ3) is 2.52. The first-order valence-electron chi connectivity index (χ1n) is 9.65. The van der Waals surface area contributed by atoms with E-state index in [0.29, 0.717) is 13.1 Å². The van der Waals surface area contributed by atoms with Gasteiger partial charge in [-0.05, 0) is 36.7 Å². The zero-order valence-corrected chi connectivity index (χ0v) is 16.3. The van der Waals surface area contributed by atoms with Crippen LogP contribution in [-0.4, -0.2) is 52.8 Å². The maximum absolute atomic E-state index is 11.8. The van der Waals surface area contributed by atoms with E-state index in [4.69, 9.17) is 0 Å². The fraction of sp³-hybridized carbons (Fsp3) is 0.550. The first-order valence-corrected chi connectivity index (χ1v) is 11.5. The van der Waals surface area contributed by atoms with Crippen molar-refractivity contribution in [2.24, 2.45) is 11.3 Å². The number of benzene rings is 1. The van der Waals surface area contributed by atoms with Crippen LogP contribution in [-0.2, 0) is 10.0 Å². The molecule has 0 bridgehead atoms. The molecule has 2 aromatic rings. The second-order valence-electron chi connectivity index (χ2n) is 8.39. The molecule has 1 aromatic carbocycles. The van der Waals surface area contributed by atoms with Crippen LogP contribution in [0.3, 0.4) is 0 Å². The number of aromatic nitrogens is 2. The maximum atomic E-state index is 11.8. The molecule has 3 atom stereocenters. The number of aliphatic hydroxyl groups is 1. The van der Waals surface area contributed by atoms with E-state index in [1.165, 1.54) is 17.4 Å². The Kier molecular flexibility index (Phi) is 3.80. The number of nitrogens with zero attached hydrogens (tertiary/aromatic N) is 3. The Labute approximate surface area is 159 Å². The molecule has 5 rings (SSSR count). The van der Waals surface area contributed by atoms with Gasteiger partial charge in [0.05, 0.1) is 36.6 Å². The minimum Gasteiger partial charge on any atom is -0.392 e. The molecular weight excluding hydrogens is 362 g/mol. The van der Waals surface area contributed by atoms with Gasteiger partial charge in [0, 0.05) is 24.6 Å². The second-order valence-corrected chi connectivity index (χ2v) is 10.4. The molecule has 3 heterocycles. The Hall–Kier alpha value is -1.70. The van der Waals surface area contributed by atoms with Gasteiger partial charge >= 0.3 is 0 Å². The Morgan fingerprint density at radius 2 is 1.93 bits per heavy atom. The molecule has 1 spiro atoms. The van der Waals surface area contributed by atoms with Crippen LogP contribution in [0.15, 0.2) is 36.8 Å². The van der Waals surface area contributed by atoms with Crippen LogP contribution < -0.4 is 0 Å². The van der Waals surface area contributed by atoms with Gasteiger partial charge in [-0.2, -0.15) is 0 Å². The van der Waals surface area contributed by atoms with E-state index >= 15 is 0 Å². The zero-order chi connectivity index (χ0) is 18.8. The van der Waals surface area contributed by atoms with Gasteiger partial charge in [0.25, 0.3) is 0 Å². The number of sulfonamides is 1. The number of aliphatic hydroxyl groups excluding tert-OH is 1. The van der Waals surface area contributed by atoms with Gasteiger partial charge < -0.3 is 9.67 Å². The minimum absolute atomic E-state index is 0.112. The lowest BCUT2D eigenvalue weighted by Gasteiger charge is -2.42. The van der Waals surface area contributed by atoms with Crippen molar-refractivity contribution in [2.45, 2.75) is 37.8 Å². The lowest BCUT2D eigenvalue weighted by Crippen LogP contribution is -2.47. The maximum Gasteiger partial charge on any atom is 0.211 e. The molecular formula is C20H25N3O3S. The van der Waals surface area contributed by atoms with Crippen molar-refractivity contribution >= 4 is 10.0 Å². The van der Waals surface area contributed by atoms with E-state index < -0.39 is 16.1 Å². The largest absolute Gasteiger partial charge is 0.392 e. The summed E-state index contributed by atoms with van der Waals surface area (Å²) in [7, 11) is -3.15. The highest BCUT2D eigenvalue weighted by Gasteiger charge is 2.53. The van der Waals surface area contributed by atoms with Gasteiger partial charge in [0.1, 0.15) is 0 Å². The normalized spacial score (nSPS) is 29.8. The summed E-state index contributed by atoms with van der Waals surface area (Å²) in [5, 5.41) is 11.4. The van der Waals surface area contributed by atoms with Crippen molar-refractivity contribution in [1.82, 2.24) is 13.9 Å². The molecule has 1 unspecified atom stereocenters. The van der Waals surface area contributed by atoms with Crippen molar-refractivity contribution in [3.05, 3.63) is 42.4 Å². The SMILES string of the molecule is CS(=O)(=O)N1CCC2(CC[C@H](C3c4ccccc4-c4cncn43)[C@H]2O)CC1. The average molecular weight is 388 g/mol. The van der Waals surface area contributed by atoms with Crippen molar-refractivity contribution < 1.29 is 13.5 Å². The Morgan fingerprint density at radius 1 is 1.19 bits per heavy atom. The smallest absolute Gasteiger partial charge is 0.211 e. The summed E-state index contributed by atoms with van der Waals surface area (Å²) in [5.41, 5.74) is 3.43. The van der Waals surface area contributed by atoms with Gasteiger partial charge in [-0.15, -0.1) is 0 Å². The second kappa shape index (κ2) is 5.90. The molecule has 2 aliphatic heterocycles. The van der Waals surface area contributed by atoms with E-state index in [1.807, 2.05) is 18.6 Å². The predicted molar refractivity (Wildman–Crippen MR) is 103 cm³/mol. The lowest BCUT2D eigenvalue weighted by molar-refractivity contribution is -0.0145. The molecule has 6 nitrogen and oxygen atoms in total. The molecule has 27 heavy (non-hydrogen) atoms. The summed E-state index contributed by atoms with van der Waals surface area (Å²) >= 11 is 0. The number of imidazole rings is 1. The highest BCUT2D eigenvalue weighted by Crippen LogP contribution is 2.55. The molecule has 1 saturated heterocycles. The summed E-state index contributed by atoms with van der Waals surface area (Å²) in [6.07, 6.45) is 8.02. The topological polar surface area (TPSA) is 75.4 Å². The fourth-order valence-corrected chi connectivity index (χ4v) is 6.51. The zero-order valence-electron chi connectivity index (χ0n) is 15.5. The number of rotatable bonds is 2. The molecule has 1 aromatic heterocycles. The lowest BCUT2D eigenvalue weighted by atomic mass is 9.73. The van der Waals surface area contributed by atoms with Crippen molar-refractivity contribution in [3.8, 4) is 11.3 Å². The van der Waals surface area contributed by atoms with Crippen LogP contribution in [0.4, 0.5) is 0 Å². The summed E-state index contributed by atoms with van der Waals surface area (Å²) in [6, 6.07) is 8.52. The van der Waals surface area contributed by atoms with Crippen LogP contribution in [0.2, 0.25) is 0 Å². The van der Waals surface area contributed by atoms with E-state index in [0.717, 1.165) is 31.4 Å². The van der Waals surface area contributed by atoms with Crippen molar-refractivity contribution in [3.63, 3.8) is 0 Å². The quantitative estimate of drug-likeness (QED) is 0.858. The molecule has 0 radical (unpaired) electrons. The predicted octanol–water partition coefficient (Wildman–Crippen LogP) is 2.27. The molecule has 1 saturated carbocycles. The van der Waals surface area contributed by atoms with Crippen LogP contribution in [0.1, 0.15) is 37.3 Å². The number of hydrogen-bond donors (Lipinski definition) is 1.